The van der Waals surface area contributed by atoms with Gasteiger partial charge in [0.1, 0.15) is 17.3 Å². The Hall–Kier alpha value is -3.93. The maximum Gasteiger partial charge on any atom is 0.416 e. The highest BCUT2D eigenvalue weighted by Gasteiger charge is 2.33. The lowest BCUT2D eigenvalue weighted by Gasteiger charge is -2.29. The molecule has 196 valence electrons. The van der Waals surface area contributed by atoms with Crippen molar-refractivity contribution in [2.45, 2.75) is 29.2 Å². The number of rotatable bonds is 5. The maximum absolute atomic E-state index is 13.5. The van der Waals surface area contributed by atoms with Gasteiger partial charge in [0.05, 0.1) is 29.5 Å². The molecule has 0 N–H and O–H groups in total. The van der Waals surface area contributed by atoms with Crippen LogP contribution in [0.1, 0.15) is 34.9 Å². The van der Waals surface area contributed by atoms with Gasteiger partial charge in [-0.2, -0.15) is 17.6 Å². The first kappa shape index (κ1) is 25.7. The van der Waals surface area contributed by atoms with Crippen molar-refractivity contribution in [1.82, 2.24) is 15.0 Å². The van der Waals surface area contributed by atoms with Gasteiger partial charge in [0.15, 0.2) is 15.7 Å². The van der Waals surface area contributed by atoms with Crippen molar-refractivity contribution >= 4 is 9.84 Å². The third-order valence-electron chi connectivity index (χ3n) is 6.17. The minimum Gasteiger partial charge on any atom is -0.493 e. The SMILES string of the molecule is O=S(=O)(Cc1ncc(F)cn1)c1ccc2c(c1)OCC[C@H]2c1ccc(C(F)(F)F)cc1-c1ccc(F)nc1. The lowest BCUT2D eigenvalue weighted by molar-refractivity contribution is -0.137. The summed E-state index contributed by atoms with van der Waals surface area (Å²) in [6, 6.07) is 10.1. The second-order valence-electron chi connectivity index (χ2n) is 8.64. The minimum atomic E-state index is -4.59. The molecule has 4 aromatic rings. The van der Waals surface area contributed by atoms with Crippen molar-refractivity contribution in [3.05, 3.63) is 101 Å². The van der Waals surface area contributed by atoms with Crippen LogP contribution in [0.25, 0.3) is 11.1 Å². The van der Waals surface area contributed by atoms with Crippen LogP contribution in [-0.2, 0) is 21.8 Å². The summed E-state index contributed by atoms with van der Waals surface area (Å²) < 4.78 is 98.7. The number of pyridine rings is 1. The first-order chi connectivity index (χ1) is 18.0. The first-order valence-electron chi connectivity index (χ1n) is 11.3. The molecule has 2 aromatic carbocycles. The number of fused-ring (bicyclic) bond motifs is 1. The van der Waals surface area contributed by atoms with Crippen molar-refractivity contribution in [3.8, 4) is 16.9 Å². The number of alkyl halides is 3. The summed E-state index contributed by atoms with van der Waals surface area (Å²) in [6.45, 7) is 0.185. The van der Waals surface area contributed by atoms with Gasteiger partial charge in [-0.25, -0.2) is 27.8 Å². The maximum atomic E-state index is 13.5. The molecule has 6 nitrogen and oxygen atoms in total. The number of nitrogens with zero attached hydrogens (tertiary/aromatic N) is 3. The Morgan fingerprint density at radius 2 is 1.63 bits per heavy atom. The van der Waals surface area contributed by atoms with Crippen LogP contribution in [0, 0.1) is 11.8 Å². The molecule has 1 aliphatic heterocycles. The highest BCUT2D eigenvalue weighted by molar-refractivity contribution is 7.90. The number of aromatic nitrogens is 3. The molecule has 38 heavy (non-hydrogen) atoms. The van der Waals surface area contributed by atoms with Crippen molar-refractivity contribution in [1.29, 1.82) is 0 Å². The Balaban J connectivity index is 1.54. The second kappa shape index (κ2) is 9.75. The van der Waals surface area contributed by atoms with E-state index in [1.54, 1.807) is 6.07 Å². The number of benzene rings is 2. The highest BCUT2D eigenvalue weighted by Crippen LogP contribution is 2.44. The Kier molecular flexibility index (Phi) is 6.59. The van der Waals surface area contributed by atoms with Crippen LogP contribution in [-0.4, -0.2) is 30.0 Å². The third-order valence-corrected chi connectivity index (χ3v) is 7.78. The normalized spacial score (nSPS) is 15.6. The second-order valence-corrected chi connectivity index (χ2v) is 10.6. The van der Waals surface area contributed by atoms with Crippen molar-refractivity contribution in [2.24, 2.45) is 0 Å². The topological polar surface area (TPSA) is 82.0 Å². The number of ether oxygens (including phenoxy) is 1. The Morgan fingerprint density at radius 3 is 2.32 bits per heavy atom. The summed E-state index contributed by atoms with van der Waals surface area (Å²) in [4.78, 5) is 10.9. The van der Waals surface area contributed by atoms with E-state index in [1.807, 2.05) is 0 Å². The average molecular weight is 548 g/mol. The van der Waals surface area contributed by atoms with E-state index in [9.17, 15) is 30.4 Å². The molecule has 0 aliphatic carbocycles. The van der Waals surface area contributed by atoms with Gasteiger partial charge in [-0.05, 0) is 53.9 Å². The van der Waals surface area contributed by atoms with Gasteiger partial charge >= 0.3 is 6.18 Å². The van der Waals surface area contributed by atoms with E-state index >= 15 is 0 Å². The molecule has 0 amide bonds. The largest absolute Gasteiger partial charge is 0.493 e. The molecule has 2 aromatic heterocycles. The summed E-state index contributed by atoms with van der Waals surface area (Å²) in [5, 5.41) is 0. The first-order valence-corrected chi connectivity index (χ1v) is 13.0. The van der Waals surface area contributed by atoms with E-state index in [1.165, 1.54) is 30.5 Å². The molecule has 0 spiro atoms. The molecule has 0 fully saturated rings. The molecular formula is C26H18F5N3O3S. The quantitative estimate of drug-likeness (QED) is 0.235. The van der Waals surface area contributed by atoms with Crippen LogP contribution >= 0.6 is 0 Å². The average Bonchev–Trinajstić information content (AvgIpc) is 2.89. The predicted molar refractivity (Wildman–Crippen MR) is 126 cm³/mol. The van der Waals surface area contributed by atoms with Crippen LogP contribution in [0.2, 0.25) is 0 Å². The molecule has 0 unspecified atom stereocenters. The van der Waals surface area contributed by atoms with Crippen LogP contribution in [0.15, 0.2) is 72.0 Å². The van der Waals surface area contributed by atoms with E-state index < -0.39 is 45.0 Å². The summed E-state index contributed by atoms with van der Waals surface area (Å²) in [5.74, 6) is -2.26. The molecule has 12 heteroatoms. The van der Waals surface area contributed by atoms with E-state index in [0.717, 1.165) is 30.6 Å². The standard InChI is InChI=1S/C26H18F5N3O3S/c27-17-12-33-25(34-13-17)14-38(35,36)18-3-5-21-20(7-8-37-23(21)10-18)19-4-2-16(26(29,30)31)9-22(19)15-1-6-24(28)32-11-15/h1-6,9-13,20H,7-8,14H2/t20-/m0/s1. The van der Waals surface area contributed by atoms with Gasteiger partial charge < -0.3 is 4.74 Å². The van der Waals surface area contributed by atoms with Crippen LogP contribution < -0.4 is 4.74 Å². The summed E-state index contributed by atoms with van der Waals surface area (Å²) in [5.41, 5.74) is 0.794. The fraction of sp³-hybridized carbons (Fsp3) is 0.192. The zero-order valence-corrected chi connectivity index (χ0v) is 20.2. The molecule has 1 atom stereocenters. The van der Waals surface area contributed by atoms with Crippen molar-refractivity contribution < 1.29 is 35.1 Å². The predicted octanol–water partition coefficient (Wildman–Crippen LogP) is 5.72. The van der Waals surface area contributed by atoms with E-state index in [2.05, 4.69) is 15.0 Å². The lowest BCUT2D eigenvalue weighted by Crippen LogP contribution is -2.17. The summed E-state index contributed by atoms with van der Waals surface area (Å²) in [7, 11) is -3.92. The number of halogens is 5. The highest BCUT2D eigenvalue weighted by atomic mass is 32.2. The van der Waals surface area contributed by atoms with Crippen molar-refractivity contribution in [3.63, 3.8) is 0 Å². The fourth-order valence-corrected chi connectivity index (χ4v) is 5.59. The molecule has 3 heterocycles. The molecule has 0 bridgehead atoms. The monoisotopic (exact) mass is 547 g/mol. The van der Waals surface area contributed by atoms with Crippen molar-refractivity contribution in [2.75, 3.05) is 6.61 Å². The number of hydrogen-bond acceptors (Lipinski definition) is 6. The molecule has 0 saturated heterocycles. The minimum absolute atomic E-state index is 0.0693. The zero-order valence-electron chi connectivity index (χ0n) is 19.4. The van der Waals surface area contributed by atoms with Crippen LogP contribution in [0.5, 0.6) is 5.75 Å². The molecule has 0 radical (unpaired) electrons. The van der Waals surface area contributed by atoms with Gasteiger partial charge in [-0.1, -0.05) is 12.1 Å². The van der Waals surface area contributed by atoms with E-state index in [4.69, 9.17) is 4.74 Å². The van der Waals surface area contributed by atoms with Crippen LogP contribution in [0.4, 0.5) is 22.0 Å². The summed E-state index contributed by atoms with van der Waals surface area (Å²) in [6.07, 6.45) is -1.27. The van der Waals surface area contributed by atoms with Gasteiger partial charge in [0.2, 0.25) is 5.95 Å². The number of hydrogen-bond donors (Lipinski definition) is 0. The van der Waals surface area contributed by atoms with Gasteiger partial charge in [0.25, 0.3) is 0 Å². The smallest absolute Gasteiger partial charge is 0.416 e. The van der Waals surface area contributed by atoms with Crippen LogP contribution in [0.3, 0.4) is 0 Å². The number of sulfone groups is 1. The van der Waals surface area contributed by atoms with Gasteiger partial charge in [0, 0.05) is 23.2 Å². The molecule has 1 aliphatic rings. The zero-order chi connectivity index (χ0) is 27.1. The Labute approximate surface area is 214 Å². The Morgan fingerprint density at radius 1 is 0.895 bits per heavy atom. The Bertz CT molecular complexity index is 1590. The third kappa shape index (κ3) is 5.21. The van der Waals surface area contributed by atoms with Gasteiger partial charge in [-0.15, -0.1) is 0 Å². The molecular weight excluding hydrogens is 529 g/mol. The van der Waals surface area contributed by atoms with E-state index in [-0.39, 0.29) is 28.6 Å². The summed E-state index contributed by atoms with van der Waals surface area (Å²) >= 11 is 0. The van der Waals surface area contributed by atoms with E-state index in [0.29, 0.717) is 23.1 Å². The fourth-order valence-electron chi connectivity index (χ4n) is 4.37. The van der Waals surface area contributed by atoms with Gasteiger partial charge in [-0.3, -0.25) is 0 Å². The molecule has 5 rings (SSSR count). The molecule has 0 saturated carbocycles. The lowest BCUT2D eigenvalue weighted by atomic mass is 9.82.